The van der Waals surface area contributed by atoms with Crippen LogP contribution in [-0.2, 0) is 11.3 Å². The van der Waals surface area contributed by atoms with Crippen LogP contribution in [0.1, 0.15) is 5.56 Å². The van der Waals surface area contributed by atoms with Gasteiger partial charge in [0.15, 0.2) is 0 Å². The fraction of sp³-hybridized carbons (Fsp3) is 0.300. The molecule has 0 fully saturated rings. The van der Waals surface area contributed by atoms with Gasteiger partial charge >= 0.3 is 35.7 Å². The molecule has 15 heavy (non-hydrogen) atoms. The molecule has 0 bridgehead atoms. The first-order valence-electron chi connectivity index (χ1n) is 4.35. The second kappa shape index (κ2) is 8.73. The van der Waals surface area contributed by atoms with Gasteiger partial charge in [0.25, 0.3) is 0 Å². The largest absolute Gasteiger partial charge is 1.00 e. The number of carbonyl (C=O) groups excluding carboxylic acids is 1. The van der Waals surface area contributed by atoms with Crippen LogP contribution in [0.3, 0.4) is 0 Å². The van der Waals surface area contributed by atoms with Crippen LogP contribution >= 0.6 is 0 Å². The van der Waals surface area contributed by atoms with E-state index in [2.05, 4.69) is 5.32 Å². The van der Waals surface area contributed by atoms with E-state index in [4.69, 9.17) is 4.74 Å². The maximum absolute atomic E-state index is 10.9. The van der Waals surface area contributed by atoms with Crippen LogP contribution in [0.4, 0.5) is 4.79 Å². The summed E-state index contributed by atoms with van der Waals surface area (Å²) in [5.74, 6) is 0. The van der Waals surface area contributed by atoms with Crippen LogP contribution in [-0.4, -0.2) is 19.2 Å². The molecule has 0 atom stereocenters. The average molecular weight is 217 g/mol. The van der Waals surface area contributed by atoms with E-state index in [1.165, 1.54) is 0 Å². The molecule has 0 saturated heterocycles. The predicted octanol–water partition coefficient (Wildman–Crippen LogP) is -2.72. The number of amides is 1. The van der Waals surface area contributed by atoms with Crippen LogP contribution in [0.2, 0.25) is 0 Å². The number of rotatable bonds is 4. The van der Waals surface area contributed by atoms with Gasteiger partial charge < -0.3 is 15.2 Å². The number of carbonyl (C=O) groups is 1. The molecule has 0 aromatic heterocycles. The Morgan fingerprint density at radius 3 is 2.60 bits per heavy atom. The number of alkyl carbamates (subject to hydrolysis) is 1. The Balaban J connectivity index is 0.00000196. The predicted molar refractivity (Wildman–Crippen MR) is 49.5 cm³/mol. The monoisotopic (exact) mass is 217 g/mol. The standard InChI is InChI=1S/C10H12NO3.Na/c12-7-6-11-10(13)14-8-9-4-2-1-3-5-9;/h1-5H,6-8H2,(H,11,13);/q-1;+1. The summed E-state index contributed by atoms with van der Waals surface area (Å²) in [6.07, 6.45) is -0.551. The summed E-state index contributed by atoms with van der Waals surface area (Å²) >= 11 is 0. The third-order valence-electron chi connectivity index (χ3n) is 1.58. The van der Waals surface area contributed by atoms with Gasteiger partial charge in [-0.25, -0.2) is 4.79 Å². The first-order valence-corrected chi connectivity index (χ1v) is 4.35. The number of nitrogens with one attached hydrogen (secondary N) is 1. The van der Waals surface area contributed by atoms with Crippen molar-refractivity contribution in [3.8, 4) is 0 Å². The minimum absolute atomic E-state index is 0. The van der Waals surface area contributed by atoms with E-state index in [1.54, 1.807) is 0 Å². The van der Waals surface area contributed by atoms with Crippen molar-refractivity contribution in [2.75, 3.05) is 13.2 Å². The third-order valence-corrected chi connectivity index (χ3v) is 1.58. The van der Waals surface area contributed by atoms with Crippen molar-refractivity contribution in [1.82, 2.24) is 5.32 Å². The molecular weight excluding hydrogens is 205 g/mol. The van der Waals surface area contributed by atoms with Crippen LogP contribution in [0.15, 0.2) is 30.3 Å². The first kappa shape index (κ1) is 14.5. The van der Waals surface area contributed by atoms with E-state index in [1.807, 2.05) is 30.3 Å². The molecular formula is C10H12NNaO3. The Hall–Kier alpha value is -0.550. The molecule has 5 heteroatoms. The zero-order valence-corrected chi connectivity index (χ0v) is 10.7. The van der Waals surface area contributed by atoms with Crippen LogP contribution in [0.25, 0.3) is 0 Å². The van der Waals surface area contributed by atoms with Crippen molar-refractivity contribution in [2.24, 2.45) is 0 Å². The van der Waals surface area contributed by atoms with Gasteiger partial charge in [-0.05, 0) is 5.56 Å². The van der Waals surface area contributed by atoms with E-state index in [-0.39, 0.29) is 49.3 Å². The summed E-state index contributed by atoms with van der Waals surface area (Å²) < 4.78 is 4.84. The fourth-order valence-electron chi connectivity index (χ4n) is 0.927. The molecule has 0 aliphatic heterocycles. The van der Waals surface area contributed by atoms with Crippen molar-refractivity contribution < 1.29 is 44.2 Å². The van der Waals surface area contributed by atoms with Crippen molar-refractivity contribution >= 4 is 6.09 Å². The van der Waals surface area contributed by atoms with Crippen LogP contribution in [0.5, 0.6) is 0 Å². The molecule has 0 radical (unpaired) electrons. The van der Waals surface area contributed by atoms with Gasteiger partial charge in [0.1, 0.15) is 6.61 Å². The number of hydrogen-bond donors (Lipinski definition) is 1. The summed E-state index contributed by atoms with van der Waals surface area (Å²) in [4.78, 5) is 10.9. The van der Waals surface area contributed by atoms with Crippen molar-refractivity contribution in [3.63, 3.8) is 0 Å². The van der Waals surface area contributed by atoms with Gasteiger partial charge in [0.05, 0.1) is 0 Å². The zero-order valence-electron chi connectivity index (χ0n) is 8.73. The minimum atomic E-state index is -0.551. The molecule has 1 N–H and O–H groups in total. The van der Waals surface area contributed by atoms with E-state index in [0.717, 1.165) is 5.56 Å². The van der Waals surface area contributed by atoms with Gasteiger partial charge in [0, 0.05) is 6.54 Å². The van der Waals surface area contributed by atoms with Gasteiger partial charge in [-0.15, -0.1) is 6.61 Å². The summed E-state index contributed by atoms with van der Waals surface area (Å²) in [6.45, 7) is -0.000406. The van der Waals surface area contributed by atoms with E-state index >= 15 is 0 Å². The van der Waals surface area contributed by atoms with Gasteiger partial charge in [-0.2, -0.15) is 0 Å². The molecule has 0 aliphatic carbocycles. The Bertz CT molecular complexity index is 279. The maximum Gasteiger partial charge on any atom is 1.00 e. The summed E-state index contributed by atoms with van der Waals surface area (Å²) in [5.41, 5.74) is 0.921. The minimum Gasteiger partial charge on any atom is -0.853 e. The SMILES string of the molecule is O=C(NCC[O-])OCc1ccccc1.[Na+]. The van der Waals surface area contributed by atoms with E-state index < -0.39 is 6.09 Å². The molecule has 1 aromatic carbocycles. The molecule has 1 amide bonds. The quantitative estimate of drug-likeness (QED) is 0.557. The molecule has 0 heterocycles. The maximum atomic E-state index is 10.9. The summed E-state index contributed by atoms with van der Waals surface area (Å²) in [5, 5.41) is 12.4. The number of benzene rings is 1. The second-order valence-corrected chi connectivity index (χ2v) is 2.69. The Morgan fingerprint density at radius 1 is 1.33 bits per heavy atom. The van der Waals surface area contributed by atoms with Crippen LogP contribution in [0, 0.1) is 0 Å². The smallest absolute Gasteiger partial charge is 0.853 e. The van der Waals surface area contributed by atoms with Gasteiger partial charge in [-0.1, -0.05) is 30.3 Å². The molecule has 1 aromatic rings. The molecule has 0 aliphatic rings. The molecule has 1 rings (SSSR count). The normalized spacial score (nSPS) is 8.87. The molecule has 0 saturated carbocycles. The van der Waals surface area contributed by atoms with Crippen molar-refractivity contribution in [3.05, 3.63) is 35.9 Å². The topological polar surface area (TPSA) is 61.4 Å². The van der Waals surface area contributed by atoms with Crippen molar-refractivity contribution in [2.45, 2.75) is 6.61 Å². The molecule has 0 unspecified atom stereocenters. The van der Waals surface area contributed by atoms with Gasteiger partial charge in [0.2, 0.25) is 0 Å². The first-order chi connectivity index (χ1) is 6.83. The van der Waals surface area contributed by atoms with Gasteiger partial charge in [-0.3, -0.25) is 0 Å². The number of hydrogen-bond acceptors (Lipinski definition) is 3. The Labute approximate surface area is 111 Å². The average Bonchev–Trinajstić information content (AvgIpc) is 2.25. The number of ether oxygens (including phenoxy) is 1. The third kappa shape index (κ3) is 6.52. The van der Waals surface area contributed by atoms with E-state index in [9.17, 15) is 9.90 Å². The fourth-order valence-corrected chi connectivity index (χ4v) is 0.927. The second-order valence-electron chi connectivity index (χ2n) is 2.69. The Morgan fingerprint density at radius 2 is 2.00 bits per heavy atom. The molecule has 76 valence electrons. The molecule has 0 spiro atoms. The van der Waals surface area contributed by atoms with Crippen molar-refractivity contribution in [1.29, 1.82) is 0 Å². The zero-order chi connectivity index (χ0) is 10.2. The van der Waals surface area contributed by atoms with Crippen LogP contribution < -0.4 is 40.0 Å². The molecule has 4 nitrogen and oxygen atoms in total. The Kier molecular flexibility index (Phi) is 8.41. The summed E-state index contributed by atoms with van der Waals surface area (Å²) in [7, 11) is 0. The summed E-state index contributed by atoms with van der Waals surface area (Å²) in [6, 6.07) is 9.35. The van der Waals surface area contributed by atoms with E-state index in [0.29, 0.717) is 0 Å².